The van der Waals surface area contributed by atoms with Crippen LogP contribution in [0.3, 0.4) is 0 Å². The maximum absolute atomic E-state index is 11.4. The van der Waals surface area contributed by atoms with Gasteiger partial charge in [-0.05, 0) is 18.6 Å². The number of hydrogen-bond donors (Lipinski definition) is 2. The van der Waals surface area contributed by atoms with Gasteiger partial charge in [-0.15, -0.1) is 0 Å². The van der Waals surface area contributed by atoms with Crippen LogP contribution in [-0.2, 0) is 22.6 Å². The van der Waals surface area contributed by atoms with Crippen molar-refractivity contribution in [3.63, 3.8) is 0 Å². The standard InChI is InChI=1S/C13H23N3O2/c1-3-16-8-5-12(11-16)10-14-6-4-13(17)15-7-9-18-2/h5,8,11,14H,3-4,6-7,9-10H2,1-2H3,(H,15,17). The zero-order valence-corrected chi connectivity index (χ0v) is 11.2. The molecule has 0 saturated heterocycles. The summed E-state index contributed by atoms with van der Waals surface area (Å²) in [5.41, 5.74) is 1.25. The van der Waals surface area contributed by atoms with Crippen LogP contribution in [0.4, 0.5) is 0 Å². The Bertz CT molecular complexity index is 350. The fraction of sp³-hybridized carbons (Fsp3) is 0.615. The van der Waals surface area contributed by atoms with Crippen LogP contribution in [0.15, 0.2) is 18.5 Å². The molecule has 2 N–H and O–H groups in total. The highest BCUT2D eigenvalue weighted by atomic mass is 16.5. The van der Waals surface area contributed by atoms with Crippen LogP contribution in [0.5, 0.6) is 0 Å². The van der Waals surface area contributed by atoms with Crippen LogP contribution in [0.2, 0.25) is 0 Å². The average Bonchev–Trinajstić information content (AvgIpc) is 2.83. The summed E-state index contributed by atoms with van der Waals surface area (Å²) in [5.74, 6) is 0.0608. The molecule has 0 aliphatic carbocycles. The fourth-order valence-corrected chi connectivity index (χ4v) is 1.61. The van der Waals surface area contributed by atoms with Crippen molar-refractivity contribution in [1.29, 1.82) is 0 Å². The van der Waals surface area contributed by atoms with Crippen LogP contribution in [0.1, 0.15) is 18.9 Å². The van der Waals surface area contributed by atoms with Crippen LogP contribution in [0.25, 0.3) is 0 Å². The minimum Gasteiger partial charge on any atom is -0.383 e. The Hall–Kier alpha value is -1.33. The molecule has 1 heterocycles. The van der Waals surface area contributed by atoms with Crippen molar-refractivity contribution in [1.82, 2.24) is 15.2 Å². The van der Waals surface area contributed by atoms with E-state index in [2.05, 4.69) is 40.6 Å². The molecule has 0 aliphatic heterocycles. The summed E-state index contributed by atoms with van der Waals surface area (Å²) in [6, 6.07) is 2.09. The van der Waals surface area contributed by atoms with Crippen LogP contribution in [0, 0.1) is 0 Å². The van der Waals surface area contributed by atoms with E-state index in [-0.39, 0.29) is 5.91 Å². The highest BCUT2D eigenvalue weighted by Gasteiger charge is 2.00. The smallest absolute Gasteiger partial charge is 0.221 e. The van der Waals surface area contributed by atoms with Gasteiger partial charge in [0.25, 0.3) is 0 Å². The van der Waals surface area contributed by atoms with Crippen molar-refractivity contribution in [2.75, 3.05) is 26.8 Å². The van der Waals surface area contributed by atoms with Gasteiger partial charge in [-0.1, -0.05) is 0 Å². The van der Waals surface area contributed by atoms with Crippen LogP contribution >= 0.6 is 0 Å². The second-order valence-corrected chi connectivity index (χ2v) is 4.12. The van der Waals surface area contributed by atoms with Crippen molar-refractivity contribution >= 4 is 5.91 Å². The molecule has 0 aliphatic rings. The van der Waals surface area contributed by atoms with E-state index in [1.807, 2.05) is 0 Å². The predicted octanol–water partition coefficient (Wildman–Crippen LogP) is 0.750. The molecule has 0 radical (unpaired) electrons. The van der Waals surface area contributed by atoms with Gasteiger partial charge in [0.05, 0.1) is 6.61 Å². The van der Waals surface area contributed by atoms with Gasteiger partial charge in [0.1, 0.15) is 0 Å². The molecule has 1 amide bonds. The van der Waals surface area contributed by atoms with Gasteiger partial charge in [-0.2, -0.15) is 0 Å². The fourth-order valence-electron chi connectivity index (χ4n) is 1.61. The molecule has 5 nitrogen and oxygen atoms in total. The Balaban J connectivity index is 2.05. The summed E-state index contributed by atoms with van der Waals surface area (Å²) in [6.07, 6.45) is 4.68. The lowest BCUT2D eigenvalue weighted by Gasteiger charge is -2.05. The Labute approximate surface area is 109 Å². The first-order chi connectivity index (χ1) is 8.76. The molecule has 1 aromatic heterocycles. The lowest BCUT2D eigenvalue weighted by Crippen LogP contribution is -2.29. The first-order valence-corrected chi connectivity index (χ1v) is 6.37. The van der Waals surface area contributed by atoms with E-state index in [0.717, 1.165) is 13.1 Å². The molecule has 0 unspecified atom stereocenters. The SMILES string of the molecule is CCn1ccc(CNCCC(=O)NCCOC)c1. The number of methoxy groups -OCH3 is 1. The monoisotopic (exact) mass is 253 g/mol. The van der Waals surface area contributed by atoms with Gasteiger partial charge in [0.2, 0.25) is 5.91 Å². The second-order valence-electron chi connectivity index (χ2n) is 4.12. The Morgan fingerprint density at radius 3 is 2.94 bits per heavy atom. The second kappa shape index (κ2) is 8.72. The summed E-state index contributed by atoms with van der Waals surface area (Å²) in [7, 11) is 1.62. The molecule has 0 atom stereocenters. The van der Waals surface area contributed by atoms with E-state index in [9.17, 15) is 4.79 Å². The summed E-state index contributed by atoms with van der Waals surface area (Å²) >= 11 is 0. The Morgan fingerprint density at radius 2 is 2.28 bits per heavy atom. The zero-order valence-electron chi connectivity index (χ0n) is 11.2. The zero-order chi connectivity index (χ0) is 13.2. The third kappa shape index (κ3) is 5.84. The number of nitrogens with zero attached hydrogens (tertiary/aromatic N) is 1. The number of hydrogen-bond acceptors (Lipinski definition) is 3. The highest BCUT2D eigenvalue weighted by molar-refractivity contribution is 5.75. The molecule has 5 heteroatoms. The molecule has 0 aromatic carbocycles. The largest absolute Gasteiger partial charge is 0.383 e. The topological polar surface area (TPSA) is 55.3 Å². The van der Waals surface area contributed by atoms with E-state index in [0.29, 0.717) is 26.1 Å². The molecule has 1 aromatic rings. The molecule has 0 bridgehead atoms. The first-order valence-electron chi connectivity index (χ1n) is 6.37. The van der Waals surface area contributed by atoms with Crippen molar-refractivity contribution in [2.45, 2.75) is 26.4 Å². The number of carbonyl (C=O) groups is 1. The molecule has 0 saturated carbocycles. The van der Waals surface area contributed by atoms with Crippen LogP contribution in [-0.4, -0.2) is 37.3 Å². The van der Waals surface area contributed by atoms with E-state index >= 15 is 0 Å². The highest BCUT2D eigenvalue weighted by Crippen LogP contribution is 2.00. The van der Waals surface area contributed by atoms with E-state index in [1.165, 1.54) is 5.56 Å². The van der Waals surface area contributed by atoms with E-state index < -0.39 is 0 Å². The number of aryl methyl sites for hydroxylation is 1. The minimum absolute atomic E-state index is 0.0608. The molecule has 0 spiro atoms. The minimum atomic E-state index is 0.0608. The molecule has 0 fully saturated rings. The predicted molar refractivity (Wildman–Crippen MR) is 71.3 cm³/mol. The Kier molecular flexibility index (Phi) is 7.13. The lowest BCUT2D eigenvalue weighted by atomic mass is 10.3. The summed E-state index contributed by atoms with van der Waals surface area (Å²) in [5, 5.41) is 6.04. The van der Waals surface area contributed by atoms with Crippen molar-refractivity contribution in [3.8, 4) is 0 Å². The number of ether oxygens (including phenoxy) is 1. The number of carbonyl (C=O) groups excluding carboxylic acids is 1. The maximum Gasteiger partial charge on any atom is 0.221 e. The van der Waals surface area contributed by atoms with Gasteiger partial charge < -0.3 is 19.9 Å². The van der Waals surface area contributed by atoms with Gasteiger partial charge in [-0.3, -0.25) is 4.79 Å². The summed E-state index contributed by atoms with van der Waals surface area (Å²) in [6.45, 7) is 5.73. The third-order valence-electron chi connectivity index (χ3n) is 2.66. The summed E-state index contributed by atoms with van der Waals surface area (Å²) in [4.78, 5) is 11.4. The van der Waals surface area contributed by atoms with E-state index in [1.54, 1.807) is 7.11 Å². The molecular formula is C13H23N3O2. The van der Waals surface area contributed by atoms with Gasteiger partial charge >= 0.3 is 0 Å². The number of aromatic nitrogens is 1. The Morgan fingerprint density at radius 1 is 1.44 bits per heavy atom. The molecular weight excluding hydrogens is 230 g/mol. The van der Waals surface area contributed by atoms with Gasteiger partial charge in [-0.25, -0.2) is 0 Å². The van der Waals surface area contributed by atoms with Gasteiger partial charge in [0, 0.05) is 52.1 Å². The first kappa shape index (κ1) is 14.7. The number of amides is 1. The number of rotatable bonds is 9. The summed E-state index contributed by atoms with van der Waals surface area (Å²) < 4.78 is 6.99. The van der Waals surface area contributed by atoms with Crippen LogP contribution < -0.4 is 10.6 Å². The normalized spacial score (nSPS) is 10.6. The quantitative estimate of drug-likeness (QED) is 0.639. The van der Waals surface area contributed by atoms with Crippen molar-refractivity contribution < 1.29 is 9.53 Å². The van der Waals surface area contributed by atoms with Crippen molar-refractivity contribution in [3.05, 3.63) is 24.0 Å². The molecule has 102 valence electrons. The lowest BCUT2D eigenvalue weighted by molar-refractivity contribution is -0.121. The average molecular weight is 253 g/mol. The van der Waals surface area contributed by atoms with Gasteiger partial charge in [0.15, 0.2) is 0 Å². The molecule has 1 rings (SSSR count). The van der Waals surface area contributed by atoms with E-state index in [4.69, 9.17) is 4.74 Å². The number of nitrogens with one attached hydrogen (secondary N) is 2. The third-order valence-corrected chi connectivity index (χ3v) is 2.66. The maximum atomic E-state index is 11.4. The van der Waals surface area contributed by atoms with Crippen molar-refractivity contribution in [2.24, 2.45) is 0 Å². The molecule has 18 heavy (non-hydrogen) atoms.